The molecule has 1 N–H and O–H groups in total. The summed E-state index contributed by atoms with van der Waals surface area (Å²) < 4.78 is 28.3. The maximum Gasteiger partial charge on any atom is 0.311 e. The fourth-order valence-electron chi connectivity index (χ4n) is 1.43. The van der Waals surface area contributed by atoms with Crippen LogP contribution in [0.5, 0.6) is 0 Å². The summed E-state index contributed by atoms with van der Waals surface area (Å²) in [5.41, 5.74) is 1.01. The molecule has 0 amide bonds. The lowest BCUT2D eigenvalue weighted by atomic mass is 10.2. The van der Waals surface area contributed by atoms with Crippen LogP contribution >= 0.6 is 0 Å². The molecule has 0 aliphatic heterocycles. The van der Waals surface area contributed by atoms with Crippen molar-refractivity contribution in [1.29, 1.82) is 0 Å². The molecule has 1 aromatic rings. The Labute approximate surface area is 118 Å². The zero-order valence-corrected chi connectivity index (χ0v) is 12.3. The van der Waals surface area contributed by atoms with E-state index in [4.69, 9.17) is 4.74 Å². The molecule has 20 heavy (non-hydrogen) atoms. The molecule has 7 heteroatoms. The smallest absolute Gasteiger partial charge is 0.311 e. The number of nitrogens with zero attached hydrogens (tertiary/aromatic N) is 1. The number of sulfonamides is 1. The van der Waals surface area contributed by atoms with E-state index >= 15 is 0 Å². The third-order valence-corrected chi connectivity index (χ3v) is 3.36. The molecule has 0 aliphatic rings. The van der Waals surface area contributed by atoms with Gasteiger partial charge in [0.2, 0.25) is 0 Å². The van der Waals surface area contributed by atoms with Gasteiger partial charge in [0, 0.05) is 5.71 Å². The van der Waals surface area contributed by atoms with Crippen LogP contribution in [0.1, 0.15) is 25.8 Å². The third-order valence-electron chi connectivity index (χ3n) is 2.28. The van der Waals surface area contributed by atoms with Crippen molar-refractivity contribution in [2.45, 2.75) is 26.0 Å². The Morgan fingerprint density at radius 3 is 2.55 bits per heavy atom. The number of benzene rings is 1. The lowest BCUT2D eigenvalue weighted by Crippen LogP contribution is -2.22. The van der Waals surface area contributed by atoms with Crippen LogP contribution in [-0.2, 0) is 25.3 Å². The predicted molar refractivity (Wildman–Crippen MR) is 76.6 cm³/mol. The number of esters is 1. The minimum Gasteiger partial charge on any atom is -0.466 e. The Balaban J connectivity index is 2.56. The second-order valence-electron chi connectivity index (χ2n) is 4.16. The Bertz CT molecular complexity index is 567. The first-order chi connectivity index (χ1) is 9.43. The molecule has 1 aromatic carbocycles. The summed E-state index contributed by atoms with van der Waals surface area (Å²) in [5, 5.41) is 3.69. The summed E-state index contributed by atoms with van der Waals surface area (Å²) in [6, 6.07) is 8.77. The van der Waals surface area contributed by atoms with Crippen molar-refractivity contribution in [1.82, 2.24) is 4.83 Å². The van der Waals surface area contributed by atoms with Crippen molar-refractivity contribution in [3.05, 3.63) is 35.9 Å². The van der Waals surface area contributed by atoms with Crippen molar-refractivity contribution in [2.24, 2.45) is 5.10 Å². The van der Waals surface area contributed by atoms with Gasteiger partial charge in [-0.2, -0.15) is 5.10 Å². The molecular weight excluding hydrogens is 280 g/mol. The predicted octanol–water partition coefficient (Wildman–Crippen LogP) is 1.44. The first-order valence-electron chi connectivity index (χ1n) is 6.15. The number of hydrogen-bond donors (Lipinski definition) is 1. The van der Waals surface area contributed by atoms with Crippen LogP contribution in [0.2, 0.25) is 0 Å². The highest BCUT2D eigenvalue weighted by atomic mass is 32.2. The molecule has 0 aromatic heterocycles. The van der Waals surface area contributed by atoms with Crippen LogP contribution in [0.15, 0.2) is 35.4 Å². The maximum atomic E-state index is 11.8. The Morgan fingerprint density at radius 1 is 1.30 bits per heavy atom. The molecule has 0 bridgehead atoms. The van der Waals surface area contributed by atoms with Gasteiger partial charge in [-0.05, 0) is 19.4 Å². The molecule has 0 heterocycles. The fraction of sp³-hybridized carbons (Fsp3) is 0.385. The van der Waals surface area contributed by atoms with Crippen molar-refractivity contribution in [3.63, 3.8) is 0 Å². The van der Waals surface area contributed by atoms with E-state index in [0.717, 1.165) is 0 Å². The number of carbonyl (C=O) groups is 1. The van der Waals surface area contributed by atoms with E-state index in [0.29, 0.717) is 11.3 Å². The zero-order valence-electron chi connectivity index (χ0n) is 11.5. The highest BCUT2D eigenvalue weighted by molar-refractivity contribution is 7.88. The fourth-order valence-corrected chi connectivity index (χ4v) is 2.42. The van der Waals surface area contributed by atoms with Gasteiger partial charge < -0.3 is 4.74 Å². The van der Waals surface area contributed by atoms with E-state index in [1.807, 2.05) is 6.07 Å². The van der Waals surface area contributed by atoms with Gasteiger partial charge in [-0.3, -0.25) is 4.79 Å². The normalized spacial score (nSPS) is 12.0. The summed E-state index contributed by atoms with van der Waals surface area (Å²) in [7, 11) is -3.57. The molecule has 0 radical (unpaired) electrons. The quantitative estimate of drug-likeness (QED) is 0.469. The molecule has 0 atom stereocenters. The van der Waals surface area contributed by atoms with Gasteiger partial charge in [0.15, 0.2) is 0 Å². The second kappa shape index (κ2) is 7.64. The Morgan fingerprint density at radius 2 is 1.95 bits per heavy atom. The van der Waals surface area contributed by atoms with Crippen LogP contribution in [0.25, 0.3) is 0 Å². The molecule has 0 fully saturated rings. The van der Waals surface area contributed by atoms with E-state index < -0.39 is 16.0 Å². The van der Waals surface area contributed by atoms with Crippen LogP contribution in [0, 0.1) is 0 Å². The molecule has 0 spiro atoms. The van der Waals surface area contributed by atoms with Gasteiger partial charge in [0.05, 0.1) is 18.8 Å². The van der Waals surface area contributed by atoms with Crippen LogP contribution in [0.4, 0.5) is 0 Å². The molecule has 6 nitrogen and oxygen atoms in total. The van der Waals surface area contributed by atoms with E-state index in [1.165, 1.54) is 0 Å². The third kappa shape index (κ3) is 6.33. The maximum absolute atomic E-state index is 11.8. The van der Waals surface area contributed by atoms with Crippen LogP contribution in [-0.4, -0.2) is 26.7 Å². The molecule has 110 valence electrons. The lowest BCUT2D eigenvalue weighted by molar-refractivity contribution is -0.141. The Kier molecular flexibility index (Phi) is 6.17. The number of hydrazone groups is 1. The van der Waals surface area contributed by atoms with Gasteiger partial charge in [-0.1, -0.05) is 30.3 Å². The summed E-state index contributed by atoms with van der Waals surface area (Å²) in [6.45, 7) is 3.54. The van der Waals surface area contributed by atoms with Crippen molar-refractivity contribution in [3.8, 4) is 0 Å². The van der Waals surface area contributed by atoms with Crippen molar-refractivity contribution < 1.29 is 17.9 Å². The monoisotopic (exact) mass is 298 g/mol. The highest BCUT2D eigenvalue weighted by Crippen LogP contribution is 2.04. The number of carbonyl (C=O) groups excluding carboxylic acids is 1. The SMILES string of the molecule is CCOC(=O)C/C(C)=N\NS(=O)(=O)Cc1ccccc1. The van der Waals surface area contributed by atoms with Gasteiger partial charge in [-0.15, -0.1) is 0 Å². The average molecular weight is 298 g/mol. The van der Waals surface area contributed by atoms with Gasteiger partial charge >= 0.3 is 5.97 Å². The number of hydrogen-bond acceptors (Lipinski definition) is 5. The summed E-state index contributed by atoms with van der Waals surface area (Å²) in [6.07, 6.45) is -0.0400. The van der Waals surface area contributed by atoms with Crippen LogP contribution in [0.3, 0.4) is 0 Å². The number of ether oxygens (including phenoxy) is 1. The van der Waals surface area contributed by atoms with Gasteiger partial charge in [0.1, 0.15) is 0 Å². The summed E-state index contributed by atoms with van der Waals surface area (Å²) in [4.78, 5) is 13.3. The van der Waals surface area contributed by atoms with Gasteiger partial charge in [0.25, 0.3) is 10.0 Å². The lowest BCUT2D eigenvalue weighted by Gasteiger charge is -2.05. The average Bonchev–Trinajstić information content (AvgIpc) is 2.37. The Hall–Kier alpha value is -1.89. The molecule has 0 aliphatic carbocycles. The molecule has 0 saturated heterocycles. The minimum atomic E-state index is -3.57. The molecule has 0 unspecified atom stereocenters. The summed E-state index contributed by atoms with van der Waals surface area (Å²) >= 11 is 0. The van der Waals surface area contributed by atoms with Crippen molar-refractivity contribution in [2.75, 3.05) is 6.61 Å². The number of nitrogens with one attached hydrogen (secondary N) is 1. The summed E-state index contributed by atoms with van der Waals surface area (Å²) in [5.74, 6) is -0.597. The first kappa shape index (κ1) is 16.2. The second-order valence-corrected chi connectivity index (χ2v) is 5.87. The van der Waals surface area contributed by atoms with E-state index in [-0.39, 0.29) is 18.8 Å². The van der Waals surface area contributed by atoms with E-state index in [1.54, 1.807) is 38.1 Å². The highest BCUT2D eigenvalue weighted by Gasteiger charge is 2.11. The van der Waals surface area contributed by atoms with E-state index in [2.05, 4.69) is 9.93 Å². The molecular formula is C13H18N2O4S. The molecule has 0 saturated carbocycles. The molecule has 1 rings (SSSR count). The number of rotatable bonds is 7. The topological polar surface area (TPSA) is 84.8 Å². The van der Waals surface area contributed by atoms with Crippen LogP contribution < -0.4 is 4.83 Å². The first-order valence-corrected chi connectivity index (χ1v) is 7.80. The zero-order chi connectivity index (χ0) is 15.0. The van der Waals surface area contributed by atoms with Gasteiger partial charge in [-0.25, -0.2) is 13.2 Å². The largest absolute Gasteiger partial charge is 0.466 e. The minimum absolute atomic E-state index is 0.0400. The van der Waals surface area contributed by atoms with E-state index in [9.17, 15) is 13.2 Å². The standard InChI is InChI=1S/C13H18N2O4S/c1-3-19-13(16)9-11(2)14-15-20(17,18)10-12-7-5-4-6-8-12/h4-8,15H,3,9-10H2,1-2H3/b14-11-. The van der Waals surface area contributed by atoms with Crippen molar-refractivity contribution >= 4 is 21.7 Å².